The molecule has 0 radical (unpaired) electrons. The van der Waals surface area contributed by atoms with Crippen molar-refractivity contribution in [2.24, 2.45) is 23.7 Å². The van der Waals surface area contributed by atoms with Crippen LogP contribution < -0.4 is 18.9 Å². The molecule has 9 heteroatoms. The predicted molar refractivity (Wildman–Crippen MR) is 212 cm³/mol. The van der Waals surface area contributed by atoms with Crippen molar-refractivity contribution in [2.75, 3.05) is 13.2 Å². The lowest BCUT2D eigenvalue weighted by Gasteiger charge is -2.28. The number of hydrogen-bond donors (Lipinski definition) is 0. The van der Waals surface area contributed by atoms with Crippen LogP contribution in [-0.2, 0) is 0 Å². The zero-order valence-corrected chi connectivity index (χ0v) is 33.1. The highest BCUT2D eigenvalue weighted by Crippen LogP contribution is 2.33. The second-order valence-electron chi connectivity index (χ2n) is 15.4. The van der Waals surface area contributed by atoms with Gasteiger partial charge in [-0.25, -0.2) is 22.8 Å². The minimum absolute atomic E-state index is 0.0384. The van der Waals surface area contributed by atoms with Crippen molar-refractivity contribution in [1.82, 2.24) is 0 Å². The minimum atomic E-state index is -0.869. The van der Waals surface area contributed by atoms with Crippen molar-refractivity contribution in [3.05, 3.63) is 119 Å². The summed E-state index contributed by atoms with van der Waals surface area (Å²) < 4.78 is 63.5. The molecule has 2 aliphatic rings. The van der Waals surface area contributed by atoms with E-state index in [2.05, 4.69) is 13.8 Å². The first-order valence-electron chi connectivity index (χ1n) is 20.1. The number of ether oxygens (including phenoxy) is 4. The normalized spacial score (nSPS) is 19.3. The second-order valence-corrected chi connectivity index (χ2v) is 15.4. The Balaban J connectivity index is 0.000000215. The van der Waals surface area contributed by atoms with Crippen molar-refractivity contribution < 1.29 is 41.7 Å². The highest BCUT2D eigenvalue weighted by atomic mass is 19.1. The number of aryl methyl sites for hydroxylation is 2. The van der Waals surface area contributed by atoms with E-state index >= 15 is 0 Å². The number of carbonyl (C=O) groups is 2. The van der Waals surface area contributed by atoms with Gasteiger partial charge in [-0.15, -0.1) is 0 Å². The van der Waals surface area contributed by atoms with Crippen LogP contribution in [0.15, 0.2) is 78.9 Å². The molecule has 0 N–H and O–H groups in total. The summed E-state index contributed by atoms with van der Waals surface area (Å²) in [6.45, 7) is 9.05. The van der Waals surface area contributed by atoms with E-state index in [1.54, 1.807) is 56.3 Å². The van der Waals surface area contributed by atoms with Crippen molar-refractivity contribution >= 4 is 11.9 Å². The van der Waals surface area contributed by atoms with Crippen LogP contribution in [0.1, 0.15) is 116 Å². The topological polar surface area (TPSA) is 71.1 Å². The fourth-order valence-electron chi connectivity index (χ4n) is 7.37. The van der Waals surface area contributed by atoms with Crippen molar-refractivity contribution in [3.63, 3.8) is 0 Å². The third-order valence-corrected chi connectivity index (χ3v) is 11.1. The Bertz CT molecular complexity index is 1880. The van der Waals surface area contributed by atoms with Crippen LogP contribution in [0, 0.1) is 55.0 Å². The van der Waals surface area contributed by atoms with Gasteiger partial charge in [0, 0.05) is 18.2 Å². The van der Waals surface area contributed by atoms with Crippen molar-refractivity contribution in [2.45, 2.75) is 98.3 Å². The number of halogens is 3. The van der Waals surface area contributed by atoms with E-state index in [-0.39, 0.29) is 17.1 Å². The minimum Gasteiger partial charge on any atom is -0.493 e. The summed E-state index contributed by atoms with van der Waals surface area (Å²) in [5.41, 5.74) is 1.15. The fourth-order valence-corrected chi connectivity index (χ4v) is 7.37. The molecule has 0 atom stereocenters. The first kappa shape index (κ1) is 42.4. The van der Waals surface area contributed by atoms with Gasteiger partial charge in [0.1, 0.15) is 40.4 Å². The van der Waals surface area contributed by atoms with Gasteiger partial charge in [-0.1, -0.05) is 70.9 Å². The van der Waals surface area contributed by atoms with Gasteiger partial charge in [0.25, 0.3) is 0 Å². The lowest BCUT2D eigenvalue weighted by atomic mass is 9.80. The maximum absolute atomic E-state index is 14.4. The molecular weight excluding hydrogens is 718 g/mol. The standard InChI is InChI=1S/C24H28F2O3.C23H27FO3/c1-3-4-17-6-8-18(9-7-17)15-28-19-11-12-21(23(26)13-19)24(27)29-20-10-5-16(2)22(25)14-20;1-3-17-5-7-18(8-6-17)15-26-20-12-9-19(10-13-20)23(25)27-21-11-4-16(2)22(24)14-21/h5,10-14,17-18H,3-4,6-9,15H2,1-2H3;4,9-14,17-18H,3,5-8,15H2,1-2H3. The van der Waals surface area contributed by atoms with E-state index < -0.39 is 29.4 Å². The number of carbonyl (C=O) groups excluding carboxylic acids is 2. The van der Waals surface area contributed by atoms with Crippen molar-refractivity contribution in [3.8, 4) is 23.0 Å². The molecule has 6 rings (SSSR count). The summed E-state index contributed by atoms with van der Waals surface area (Å²) in [7, 11) is 0. The van der Waals surface area contributed by atoms with Crippen LogP contribution >= 0.6 is 0 Å². The number of benzene rings is 4. The van der Waals surface area contributed by atoms with Crippen LogP contribution in [0.4, 0.5) is 13.2 Å². The van der Waals surface area contributed by atoms with Gasteiger partial charge in [-0.05, 0) is 123 Å². The van der Waals surface area contributed by atoms with Crippen molar-refractivity contribution in [1.29, 1.82) is 0 Å². The van der Waals surface area contributed by atoms with E-state index in [4.69, 9.17) is 18.9 Å². The monoisotopic (exact) mass is 772 g/mol. The van der Waals surface area contributed by atoms with Gasteiger partial charge in [-0.2, -0.15) is 0 Å². The zero-order chi connectivity index (χ0) is 40.0. The molecule has 2 saturated carbocycles. The van der Waals surface area contributed by atoms with Gasteiger partial charge >= 0.3 is 11.9 Å². The summed E-state index contributed by atoms with van der Waals surface area (Å²) in [6, 6.07) is 19.5. The molecular formula is C47H55F3O6. The third kappa shape index (κ3) is 12.6. The molecule has 2 fully saturated rings. The Morgan fingerprint density at radius 2 is 0.982 bits per heavy atom. The van der Waals surface area contributed by atoms with Gasteiger partial charge in [0.2, 0.25) is 0 Å². The molecule has 0 heterocycles. The Hall–Kier alpha value is -4.79. The summed E-state index contributed by atoms with van der Waals surface area (Å²) in [5.74, 6) is 1.25. The largest absolute Gasteiger partial charge is 0.493 e. The highest BCUT2D eigenvalue weighted by molar-refractivity contribution is 5.92. The van der Waals surface area contributed by atoms with E-state index in [1.807, 2.05) is 0 Å². The summed E-state index contributed by atoms with van der Waals surface area (Å²) >= 11 is 0. The van der Waals surface area contributed by atoms with E-state index in [9.17, 15) is 22.8 Å². The molecule has 0 saturated heterocycles. The third-order valence-electron chi connectivity index (χ3n) is 11.1. The van der Waals surface area contributed by atoms with Crippen LogP contribution in [0.2, 0.25) is 0 Å². The van der Waals surface area contributed by atoms with Crippen LogP contribution in [0.5, 0.6) is 23.0 Å². The molecule has 4 aromatic carbocycles. The average Bonchev–Trinajstić information content (AvgIpc) is 3.20. The average molecular weight is 773 g/mol. The quantitative estimate of drug-likeness (QED) is 0.0995. The molecule has 0 aromatic heterocycles. The molecule has 0 amide bonds. The first-order chi connectivity index (χ1) is 27.0. The maximum Gasteiger partial charge on any atom is 0.346 e. The molecule has 2 aliphatic carbocycles. The Labute approximate surface area is 329 Å². The lowest BCUT2D eigenvalue weighted by molar-refractivity contribution is 0.0721. The maximum atomic E-state index is 14.4. The SMILES string of the molecule is CCC1CCC(COc2ccc(C(=O)Oc3ccc(C)c(F)c3)cc2)CC1.CCCC1CCC(COc2ccc(C(=O)Oc3ccc(C)c(F)c3)c(F)c2)CC1. The number of rotatable bonds is 13. The molecule has 4 aromatic rings. The van der Waals surface area contributed by atoms with Crippen LogP contribution in [0.25, 0.3) is 0 Å². The molecule has 56 heavy (non-hydrogen) atoms. The Morgan fingerprint density at radius 3 is 1.48 bits per heavy atom. The van der Waals surface area contributed by atoms with Gasteiger partial charge < -0.3 is 18.9 Å². The molecule has 300 valence electrons. The Morgan fingerprint density at radius 1 is 0.536 bits per heavy atom. The second kappa shape index (κ2) is 20.9. The van der Waals surface area contributed by atoms with Gasteiger partial charge in [0.05, 0.1) is 24.3 Å². The lowest BCUT2D eigenvalue weighted by Crippen LogP contribution is -2.20. The summed E-state index contributed by atoms with van der Waals surface area (Å²) in [5, 5.41) is 0. The van der Waals surface area contributed by atoms with Gasteiger partial charge in [0.15, 0.2) is 0 Å². The summed E-state index contributed by atoms with van der Waals surface area (Å²) in [6.07, 6.45) is 13.6. The van der Waals surface area contributed by atoms with Gasteiger partial charge in [-0.3, -0.25) is 0 Å². The Kier molecular flexibility index (Phi) is 15.8. The zero-order valence-electron chi connectivity index (χ0n) is 33.1. The van der Waals surface area contributed by atoms with E-state index in [0.29, 0.717) is 40.9 Å². The van der Waals surface area contributed by atoms with E-state index in [1.165, 1.54) is 88.1 Å². The molecule has 0 bridgehead atoms. The molecule has 0 spiro atoms. The highest BCUT2D eigenvalue weighted by Gasteiger charge is 2.23. The smallest absolute Gasteiger partial charge is 0.346 e. The first-order valence-corrected chi connectivity index (χ1v) is 20.1. The number of esters is 2. The van der Waals surface area contributed by atoms with Crippen LogP contribution in [0.3, 0.4) is 0 Å². The predicted octanol–water partition coefficient (Wildman–Crippen LogP) is 12.4. The molecule has 0 unspecified atom stereocenters. The summed E-state index contributed by atoms with van der Waals surface area (Å²) in [4.78, 5) is 24.4. The molecule has 6 nitrogen and oxygen atoms in total. The molecule has 0 aliphatic heterocycles. The van der Waals surface area contributed by atoms with E-state index in [0.717, 1.165) is 43.1 Å². The number of hydrogen-bond acceptors (Lipinski definition) is 6. The van der Waals surface area contributed by atoms with Crippen LogP contribution in [-0.4, -0.2) is 25.2 Å². The fraction of sp³-hybridized carbons (Fsp3) is 0.447.